The topological polar surface area (TPSA) is 132 Å². The van der Waals surface area contributed by atoms with Gasteiger partial charge in [-0.05, 0) is 60.7 Å². The summed E-state index contributed by atoms with van der Waals surface area (Å²) in [6, 6.07) is 17.6. The van der Waals surface area contributed by atoms with E-state index in [-0.39, 0.29) is 28.4 Å². The normalized spacial score (nSPS) is 11.3. The minimum absolute atomic E-state index is 0.155. The molecule has 4 aromatic rings. The number of hydrogen-bond acceptors (Lipinski definition) is 7. The number of aromatic amines is 1. The Kier molecular flexibility index (Phi) is 6.43. The number of methoxy groups -OCH3 is 2. The van der Waals surface area contributed by atoms with E-state index < -0.39 is 20.5 Å². The third kappa shape index (κ3) is 4.80. The molecule has 0 saturated carbocycles. The van der Waals surface area contributed by atoms with E-state index in [1.807, 2.05) is 0 Å². The molecule has 0 fully saturated rings. The molecular formula is C24H21N3O7S. The van der Waals surface area contributed by atoms with Crippen molar-refractivity contribution in [1.29, 1.82) is 0 Å². The zero-order valence-corrected chi connectivity index (χ0v) is 19.6. The van der Waals surface area contributed by atoms with E-state index in [2.05, 4.69) is 4.98 Å². The van der Waals surface area contributed by atoms with E-state index >= 15 is 0 Å². The number of pyridine rings is 1. The Morgan fingerprint density at radius 3 is 2.14 bits per heavy atom. The Bertz CT molecular complexity index is 1550. The monoisotopic (exact) mass is 495 g/mol. The van der Waals surface area contributed by atoms with Crippen LogP contribution in [0.2, 0.25) is 0 Å². The number of nitro groups is 1. The maximum Gasteiger partial charge on any atom is 0.269 e. The molecule has 0 unspecified atom stereocenters. The van der Waals surface area contributed by atoms with Gasteiger partial charge < -0.3 is 14.5 Å². The molecule has 180 valence electrons. The van der Waals surface area contributed by atoms with Gasteiger partial charge in [0.1, 0.15) is 11.5 Å². The number of anilines is 1. The second kappa shape index (κ2) is 9.47. The van der Waals surface area contributed by atoms with Crippen molar-refractivity contribution in [2.24, 2.45) is 0 Å². The first kappa shape index (κ1) is 23.8. The van der Waals surface area contributed by atoms with Crippen molar-refractivity contribution in [3.63, 3.8) is 0 Å². The van der Waals surface area contributed by atoms with Gasteiger partial charge in [-0.25, -0.2) is 8.42 Å². The number of benzene rings is 3. The van der Waals surface area contributed by atoms with Crippen LogP contribution in [0.1, 0.15) is 5.56 Å². The van der Waals surface area contributed by atoms with E-state index in [9.17, 15) is 23.3 Å². The lowest BCUT2D eigenvalue weighted by Gasteiger charge is -2.24. The summed E-state index contributed by atoms with van der Waals surface area (Å²) in [5.74, 6) is 1.11. The summed E-state index contributed by atoms with van der Waals surface area (Å²) in [5, 5.41) is 11.7. The van der Waals surface area contributed by atoms with E-state index in [0.717, 1.165) is 16.4 Å². The van der Waals surface area contributed by atoms with Gasteiger partial charge in [-0.2, -0.15) is 0 Å². The Hall–Kier alpha value is -4.38. The van der Waals surface area contributed by atoms with Gasteiger partial charge in [0.15, 0.2) is 0 Å². The first-order valence-electron chi connectivity index (χ1n) is 10.3. The molecule has 10 nitrogen and oxygen atoms in total. The molecule has 3 aromatic carbocycles. The summed E-state index contributed by atoms with van der Waals surface area (Å²) in [4.78, 5) is 25.8. The number of non-ortho nitro benzene ring substituents is 1. The third-order valence-electron chi connectivity index (χ3n) is 5.44. The van der Waals surface area contributed by atoms with Crippen molar-refractivity contribution in [1.82, 2.24) is 4.98 Å². The largest absolute Gasteiger partial charge is 0.497 e. The van der Waals surface area contributed by atoms with Gasteiger partial charge in [0.05, 0.1) is 36.3 Å². The highest BCUT2D eigenvalue weighted by Crippen LogP contribution is 2.29. The van der Waals surface area contributed by atoms with Crippen LogP contribution in [-0.2, 0) is 16.6 Å². The molecule has 0 aliphatic heterocycles. The van der Waals surface area contributed by atoms with Crippen LogP contribution in [0.4, 0.5) is 11.4 Å². The van der Waals surface area contributed by atoms with Crippen LogP contribution < -0.4 is 19.3 Å². The Morgan fingerprint density at radius 2 is 1.54 bits per heavy atom. The van der Waals surface area contributed by atoms with Crippen molar-refractivity contribution in [3.8, 4) is 11.5 Å². The van der Waals surface area contributed by atoms with Crippen molar-refractivity contribution >= 4 is 32.3 Å². The standard InChI is InChI=1S/C24H21N3O7S/c1-33-20-7-3-18(4-8-20)26(35(31,32)22-10-5-19(6-11-22)27(29)30)15-17-13-16-14-21(34-2)9-12-23(16)25-24(17)28/h3-14H,15H2,1-2H3,(H,25,28). The Labute approximate surface area is 200 Å². The predicted molar refractivity (Wildman–Crippen MR) is 131 cm³/mol. The van der Waals surface area contributed by atoms with Gasteiger partial charge in [-0.3, -0.25) is 19.2 Å². The Morgan fingerprint density at radius 1 is 0.914 bits per heavy atom. The van der Waals surface area contributed by atoms with Gasteiger partial charge in [-0.1, -0.05) is 0 Å². The number of hydrogen-bond donors (Lipinski definition) is 1. The van der Waals surface area contributed by atoms with E-state index in [4.69, 9.17) is 9.47 Å². The number of sulfonamides is 1. The van der Waals surface area contributed by atoms with E-state index in [1.54, 1.807) is 48.5 Å². The molecule has 0 saturated heterocycles. The number of nitrogens with one attached hydrogen (secondary N) is 1. The zero-order chi connectivity index (χ0) is 25.2. The predicted octanol–water partition coefficient (Wildman–Crippen LogP) is 3.85. The maximum absolute atomic E-state index is 13.6. The summed E-state index contributed by atoms with van der Waals surface area (Å²) < 4.78 is 38.8. The molecule has 1 heterocycles. The van der Waals surface area contributed by atoms with Gasteiger partial charge >= 0.3 is 0 Å². The molecular weight excluding hydrogens is 474 g/mol. The number of fused-ring (bicyclic) bond motifs is 1. The fraction of sp³-hybridized carbons (Fsp3) is 0.125. The highest BCUT2D eigenvalue weighted by atomic mass is 32.2. The van der Waals surface area contributed by atoms with Crippen molar-refractivity contribution in [3.05, 3.63) is 98.8 Å². The Balaban J connectivity index is 1.82. The van der Waals surface area contributed by atoms with Crippen molar-refractivity contribution < 1.29 is 22.8 Å². The lowest BCUT2D eigenvalue weighted by molar-refractivity contribution is -0.384. The number of H-pyrrole nitrogens is 1. The van der Waals surface area contributed by atoms with Gasteiger partial charge in [-0.15, -0.1) is 0 Å². The second-order valence-electron chi connectivity index (χ2n) is 7.54. The molecule has 0 radical (unpaired) electrons. The van der Waals surface area contributed by atoms with Crippen LogP contribution >= 0.6 is 0 Å². The fourth-order valence-corrected chi connectivity index (χ4v) is 5.00. The van der Waals surface area contributed by atoms with E-state index in [1.165, 1.54) is 26.4 Å². The van der Waals surface area contributed by atoms with Gasteiger partial charge in [0.25, 0.3) is 21.3 Å². The molecule has 0 spiro atoms. The van der Waals surface area contributed by atoms with Crippen molar-refractivity contribution in [2.45, 2.75) is 11.4 Å². The molecule has 1 aromatic heterocycles. The second-order valence-corrected chi connectivity index (χ2v) is 9.40. The minimum atomic E-state index is -4.20. The molecule has 11 heteroatoms. The summed E-state index contributed by atoms with van der Waals surface area (Å²) in [6.07, 6.45) is 0. The first-order valence-corrected chi connectivity index (χ1v) is 11.8. The smallest absolute Gasteiger partial charge is 0.269 e. The molecule has 0 aliphatic rings. The number of nitro benzene ring substituents is 1. The minimum Gasteiger partial charge on any atom is -0.497 e. The number of rotatable bonds is 8. The molecule has 0 atom stereocenters. The number of ether oxygens (including phenoxy) is 2. The lowest BCUT2D eigenvalue weighted by atomic mass is 10.1. The molecule has 4 rings (SSSR count). The first-order chi connectivity index (χ1) is 16.7. The lowest BCUT2D eigenvalue weighted by Crippen LogP contribution is -2.33. The van der Waals surface area contributed by atoms with Crippen LogP contribution in [0.25, 0.3) is 10.9 Å². The van der Waals surface area contributed by atoms with E-state index in [0.29, 0.717) is 22.4 Å². The molecule has 0 bridgehead atoms. The summed E-state index contributed by atoms with van der Waals surface area (Å²) in [7, 11) is -1.19. The van der Waals surface area contributed by atoms with Crippen LogP contribution in [0.15, 0.2) is 82.5 Å². The molecule has 0 aliphatic carbocycles. The van der Waals surface area contributed by atoms with Crippen molar-refractivity contribution in [2.75, 3.05) is 18.5 Å². The zero-order valence-electron chi connectivity index (χ0n) is 18.8. The highest BCUT2D eigenvalue weighted by molar-refractivity contribution is 7.92. The average molecular weight is 496 g/mol. The SMILES string of the molecule is COc1ccc(N(Cc2cc3cc(OC)ccc3[nH]c2=O)S(=O)(=O)c2ccc([N+](=O)[O-])cc2)cc1. The molecule has 35 heavy (non-hydrogen) atoms. The van der Waals surface area contributed by atoms with Gasteiger partial charge in [0.2, 0.25) is 0 Å². The van der Waals surface area contributed by atoms with Crippen LogP contribution in [0, 0.1) is 10.1 Å². The summed E-state index contributed by atoms with van der Waals surface area (Å²) in [6.45, 7) is -0.284. The summed E-state index contributed by atoms with van der Waals surface area (Å²) >= 11 is 0. The average Bonchev–Trinajstić information content (AvgIpc) is 2.87. The fourth-order valence-electron chi connectivity index (χ4n) is 3.56. The number of nitrogens with zero attached hydrogens (tertiary/aromatic N) is 2. The number of aromatic nitrogens is 1. The van der Waals surface area contributed by atoms with Gasteiger partial charge in [0, 0.05) is 28.6 Å². The third-order valence-corrected chi connectivity index (χ3v) is 7.23. The molecule has 0 amide bonds. The highest BCUT2D eigenvalue weighted by Gasteiger charge is 2.27. The summed E-state index contributed by atoms with van der Waals surface area (Å²) in [5.41, 5.74) is 0.384. The van der Waals surface area contributed by atoms with Crippen LogP contribution in [0.5, 0.6) is 11.5 Å². The molecule has 1 N–H and O–H groups in total. The van der Waals surface area contributed by atoms with Crippen LogP contribution in [-0.4, -0.2) is 32.5 Å². The quantitative estimate of drug-likeness (QED) is 0.290. The maximum atomic E-state index is 13.6. The van der Waals surface area contributed by atoms with Crippen LogP contribution in [0.3, 0.4) is 0 Å².